The van der Waals surface area contributed by atoms with E-state index in [1.807, 2.05) is 13.0 Å². The fourth-order valence-corrected chi connectivity index (χ4v) is 1.16. The first-order valence-electron chi connectivity index (χ1n) is 4.40. The molecule has 0 amide bonds. The summed E-state index contributed by atoms with van der Waals surface area (Å²) in [5.41, 5.74) is 7.08. The maximum atomic E-state index is 13.1. The van der Waals surface area contributed by atoms with E-state index in [9.17, 15) is 4.39 Å². The Bertz CT molecular complexity index is 274. The Hall–Kier alpha value is -0.930. The molecule has 1 rings (SSSR count). The summed E-state index contributed by atoms with van der Waals surface area (Å²) in [6.45, 7) is 3.79. The molecule has 0 heterocycles. The van der Waals surface area contributed by atoms with Crippen molar-refractivity contribution >= 4 is 0 Å². The van der Waals surface area contributed by atoms with Crippen molar-refractivity contribution in [3.05, 3.63) is 35.1 Å². The van der Waals surface area contributed by atoms with Gasteiger partial charge in [0.2, 0.25) is 0 Å². The largest absolute Gasteiger partial charge is 0.329 e. The minimum Gasteiger partial charge on any atom is -0.329 e. The van der Waals surface area contributed by atoms with E-state index >= 15 is 0 Å². The Morgan fingerprint density at radius 2 is 2.23 bits per heavy atom. The molecular weight excluding hydrogens is 167 g/mol. The molecule has 13 heavy (non-hydrogen) atoms. The van der Waals surface area contributed by atoms with Crippen LogP contribution in [0.5, 0.6) is 0 Å². The summed E-state index contributed by atoms with van der Waals surface area (Å²) in [5.74, 6) is -0.157. The third-order valence-electron chi connectivity index (χ3n) is 1.84. The van der Waals surface area contributed by atoms with Gasteiger partial charge in [-0.1, -0.05) is 17.7 Å². The van der Waals surface area contributed by atoms with Gasteiger partial charge in [0.05, 0.1) is 0 Å². The van der Waals surface area contributed by atoms with Gasteiger partial charge in [0.15, 0.2) is 0 Å². The smallest absolute Gasteiger partial charge is 0.127 e. The molecule has 3 N–H and O–H groups in total. The first-order chi connectivity index (χ1) is 6.24. The zero-order valence-electron chi connectivity index (χ0n) is 7.81. The number of rotatable bonds is 4. The van der Waals surface area contributed by atoms with Crippen LogP contribution < -0.4 is 11.1 Å². The van der Waals surface area contributed by atoms with E-state index in [4.69, 9.17) is 5.73 Å². The summed E-state index contributed by atoms with van der Waals surface area (Å²) in [6, 6.07) is 5.11. The topological polar surface area (TPSA) is 38.0 Å². The van der Waals surface area contributed by atoms with Crippen LogP contribution in [0, 0.1) is 12.7 Å². The second kappa shape index (κ2) is 4.94. The zero-order valence-corrected chi connectivity index (χ0v) is 7.81. The number of nitrogens with two attached hydrogens (primary N) is 1. The van der Waals surface area contributed by atoms with Gasteiger partial charge in [0.25, 0.3) is 0 Å². The third-order valence-corrected chi connectivity index (χ3v) is 1.84. The first-order valence-corrected chi connectivity index (χ1v) is 4.40. The van der Waals surface area contributed by atoms with Crippen LogP contribution in [0.2, 0.25) is 0 Å². The maximum absolute atomic E-state index is 13.1. The van der Waals surface area contributed by atoms with Crippen molar-refractivity contribution in [2.45, 2.75) is 13.5 Å². The molecule has 0 unspecified atom stereocenters. The molecule has 0 atom stereocenters. The van der Waals surface area contributed by atoms with Crippen molar-refractivity contribution in [2.24, 2.45) is 5.73 Å². The fourth-order valence-electron chi connectivity index (χ4n) is 1.16. The van der Waals surface area contributed by atoms with E-state index in [2.05, 4.69) is 5.32 Å². The van der Waals surface area contributed by atoms with Gasteiger partial charge in [-0.3, -0.25) is 0 Å². The molecule has 0 radical (unpaired) electrons. The molecule has 0 fully saturated rings. The minimum absolute atomic E-state index is 0.157. The molecule has 0 bridgehead atoms. The van der Waals surface area contributed by atoms with E-state index in [-0.39, 0.29) is 5.82 Å². The van der Waals surface area contributed by atoms with Crippen LogP contribution in [0.4, 0.5) is 4.39 Å². The highest BCUT2D eigenvalue weighted by Crippen LogP contribution is 2.09. The lowest BCUT2D eigenvalue weighted by molar-refractivity contribution is 0.589. The lowest BCUT2D eigenvalue weighted by Gasteiger charge is -2.05. The van der Waals surface area contributed by atoms with Gasteiger partial charge in [0.1, 0.15) is 5.82 Å². The van der Waals surface area contributed by atoms with Gasteiger partial charge in [0, 0.05) is 25.2 Å². The molecule has 0 saturated heterocycles. The summed E-state index contributed by atoms with van der Waals surface area (Å²) in [7, 11) is 0. The van der Waals surface area contributed by atoms with Crippen LogP contribution in [0.1, 0.15) is 11.1 Å². The van der Waals surface area contributed by atoms with Gasteiger partial charge in [-0.05, 0) is 13.0 Å². The van der Waals surface area contributed by atoms with Crippen LogP contribution in [-0.4, -0.2) is 13.1 Å². The Balaban J connectivity index is 2.59. The summed E-state index contributed by atoms with van der Waals surface area (Å²) in [6.07, 6.45) is 0. The lowest BCUT2D eigenvalue weighted by atomic mass is 10.1. The van der Waals surface area contributed by atoms with Gasteiger partial charge >= 0.3 is 0 Å². The minimum atomic E-state index is -0.157. The van der Waals surface area contributed by atoms with E-state index in [0.29, 0.717) is 25.2 Å². The monoisotopic (exact) mass is 182 g/mol. The van der Waals surface area contributed by atoms with E-state index in [1.165, 1.54) is 6.07 Å². The van der Waals surface area contributed by atoms with Crippen molar-refractivity contribution in [3.63, 3.8) is 0 Å². The number of hydrogen-bond donors (Lipinski definition) is 2. The molecule has 0 aliphatic rings. The van der Waals surface area contributed by atoms with Gasteiger partial charge < -0.3 is 11.1 Å². The van der Waals surface area contributed by atoms with Crippen LogP contribution in [-0.2, 0) is 6.54 Å². The average molecular weight is 182 g/mol. The number of halogens is 1. The van der Waals surface area contributed by atoms with Crippen molar-refractivity contribution in [1.29, 1.82) is 0 Å². The Labute approximate surface area is 77.9 Å². The van der Waals surface area contributed by atoms with Crippen LogP contribution >= 0.6 is 0 Å². The van der Waals surface area contributed by atoms with Crippen molar-refractivity contribution in [3.8, 4) is 0 Å². The predicted molar refractivity (Wildman–Crippen MR) is 51.9 cm³/mol. The highest BCUT2D eigenvalue weighted by molar-refractivity contribution is 5.23. The van der Waals surface area contributed by atoms with Gasteiger partial charge in [-0.25, -0.2) is 4.39 Å². The van der Waals surface area contributed by atoms with E-state index in [0.717, 1.165) is 5.56 Å². The molecule has 1 aromatic carbocycles. The quantitative estimate of drug-likeness (QED) is 0.686. The number of benzene rings is 1. The fraction of sp³-hybridized carbons (Fsp3) is 0.400. The second-order valence-electron chi connectivity index (χ2n) is 3.06. The molecule has 0 spiro atoms. The first kappa shape index (κ1) is 10.2. The van der Waals surface area contributed by atoms with Gasteiger partial charge in [-0.15, -0.1) is 0 Å². The lowest BCUT2D eigenvalue weighted by Crippen LogP contribution is -2.22. The molecule has 72 valence electrons. The van der Waals surface area contributed by atoms with Crippen molar-refractivity contribution in [1.82, 2.24) is 5.32 Å². The molecule has 0 saturated carbocycles. The zero-order chi connectivity index (χ0) is 9.68. The van der Waals surface area contributed by atoms with Gasteiger partial charge in [-0.2, -0.15) is 0 Å². The highest BCUT2D eigenvalue weighted by Gasteiger charge is 2.00. The number of hydrogen-bond acceptors (Lipinski definition) is 2. The molecule has 2 nitrogen and oxygen atoms in total. The summed E-state index contributed by atoms with van der Waals surface area (Å²) in [4.78, 5) is 0. The molecule has 3 heteroatoms. The normalized spacial score (nSPS) is 10.4. The Morgan fingerprint density at radius 3 is 2.92 bits per heavy atom. The predicted octanol–water partition coefficient (Wildman–Crippen LogP) is 1.18. The molecule has 0 aliphatic heterocycles. The standard InChI is InChI=1S/C10H15FN2/c1-8-2-3-10(11)9(6-8)7-13-5-4-12/h2-3,6,13H,4-5,7,12H2,1H3. The average Bonchev–Trinajstić information content (AvgIpc) is 2.11. The Morgan fingerprint density at radius 1 is 1.46 bits per heavy atom. The molecule has 0 aliphatic carbocycles. The van der Waals surface area contributed by atoms with Crippen LogP contribution in [0.15, 0.2) is 18.2 Å². The van der Waals surface area contributed by atoms with E-state index in [1.54, 1.807) is 6.07 Å². The highest BCUT2D eigenvalue weighted by atomic mass is 19.1. The van der Waals surface area contributed by atoms with Crippen molar-refractivity contribution < 1.29 is 4.39 Å². The summed E-state index contributed by atoms with van der Waals surface area (Å²) < 4.78 is 13.1. The maximum Gasteiger partial charge on any atom is 0.127 e. The summed E-state index contributed by atoms with van der Waals surface area (Å²) in [5, 5.41) is 3.05. The molecule has 1 aromatic rings. The third kappa shape index (κ3) is 3.13. The van der Waals surface area contributed by atoms with E-state index < -0.39 is 0 Å². The van der Waals surface area contributed by atoms with Crippen molar-refractivity contribution in [2.75, 3.05) is 13.1 Å². The molecular formula is C10H15FN2. The summed E-state index contributed by atoms with van der Waals surface area (Å²) >= 11 is 0. The Kier molecular flexibility index (Phi) is 3.86. The second-order valence-corrected chi connectivity index (χ2v) is 3.06. The van der Waals surface area contributed by atoms with Crippen LogP contribution in [0.25, 0.3) is 0 Å². The number of nitrogens with one attached hydrogen (secondary N) is 1. The SMILES string of the molecule is Cc1ccc(F)c(CNCCN)c1. The van der Waals surface area contributed by atoms with Crippen LogP contribution in [0.3, 0.4) is 0 Å². The molecule has 0 aromatic heterocycles. The number of aryl methyl sites for hydroxylation is 1.